The molecule has 1 fully saturated rings. The molecule has 1 saturated heterocycles. The van der Waals surface area contributed by atoms with E-state index in [2.05, 4.69) is 0 Å². The molecule has 0 spiro atoms. The molecule has 2 atom stereocenters. The smallest absolute Gasteiger partial charge is 0.312 e. The van der Waals surface area contributed by atoms with Crippen LogP contribution in [0.2, 0.25) is 0 Å². The lowest BCUT2D eigenvalue weighted by Gasteiger charge is -2.09. The van der Waals surface area contributed by atoms with Gasteiger partial charge in [0.2, 0.25) is 0 Å². The van der Waals surface area contributed by atoms with Crippen LogP contribution in [-0.2, 0) is 25.4 Å². The molecule has 0 aromatic heterocycles. The first-order chi connectivity index (χ1) is 4.16. The monoisotopic (exact) mass is 168 g/mol. The van der Waals surface area contributed by atoms with Crippen LogP contribution in [-0.4, -0.2) is 19.8 Å². The van der Waals surface area contributed by atoms with Crippen molar-refractivity contribution in [3.05, 3.63) is 0 Å². The summed E-state index contributed by atoms with van der Waals surface area (Å²) in [5.74, 6) is 0. The van der Waals surface area contributed by atoms with Crippen LogP contribution >= 0.6 is 6.72 Å². The van der Waals surface area contributed by atoms with E-state index in [4.69, 9.17) is 25.4 Å². The Morgan fingerprint density at radius 1 is 1.78 bits per heavy atom. The zero-order chi connectivity index (χ0) is 6.91. The molecule has 0 unspecified atom stereocenters. The molecule has 0 radical (unpaired) electrons. The van der Waals surface area contributed by atoms with Crippen molar-refractivity contribution in [1.82, 2.24) is 0 Å². The van der Waals surface area contributed by atoms with Gasteiger partial charge in [-0.15, -0.1) is 0 Å². The maximum absolute atomic E-state index is 5.18. The minimum Gasteiger partial charge on any atom is -0.312 e. The van der Waals surface area contributed by atoms with Gasteiger partial charge in [0.05, 0.1) is 12.7 Å². The average Bonchev–Trinajstić information content (AvgIpc) is 2.13. The molecule has 0 aromatic carbocycles. The van der Waals surface area contributed by atoms with E-state index < -0.39 is 6.72 Å². The Kier molecular flexibility index (Phi) is 2.24. The lowest BCUT2D eigenvalue weighted by molar-refractivity contribution is 0.246. The van der Waals surface area contributed by atoms with E-state index in [1.165, 1.54) is 7.11 Å². The van der Waals surface area contributed by atoms with Gasteiger partial charge in [0.1, 0.15) is 0 Å². The van der Waals surface area contributed by atoms with Crippen molar-refractivity contribution >= 4 is 18.5 Å². The summed E-state index contributed by atoms with van der Waals surface area (Å²) in [6.45, 7) is 0.197. The zero-order valence-electron chi connectivity index (χ0n) is 5.36. The summed E-state index contributed by atoms with van der Waals surface area (Å²) in [6, 6.07) is 0. The van der Waals surface area contributed by atoms with Gasteiger partial charge in [-0.3, -0.25) is 0 Å². The van der Waals surface area contributed by atoms with Crippen molar-refractivity contribution in [3.63, 3.8) is 0 Å². The van der Waals surface area contributed by atoms with Crippen molar-refractivity contribution in [2.75, 3.05) is 13.7 Å². The summed E-state index contributed by atoms with van der Waals surface area (Å²) >= 11 is 4.89. The van der Waals surface area contributed by atoms with Crippen molar-refractivity contribution in [2.24, 2.45) is 0 Å². The first-order valence-electron chi connectivity index (χ1n) is 2.65. The van der Waals surface area contributed by atoms with Gasteiger partial charge < -0.3 is 13.6 Å². The highest BCUT2D eigenvalue weighted by molar-refractivity contribution is 8.07. The van der Waals surface area contributed by atoms with Crippen molar-refractivity contribution in [3.8, 4) is 0 Å². The third kappa shape index (κ3) is 1.72. The lowest BCUT2D eigenvalue weighted by Crippen LogP contribution is -2.00. The topological polar surface area (TPSA) is 27.7 Å². The summed E-state index contributed by atoms with van der Waals surface area (Å²) < 4.78 is 15.1. The van der Waals surface area contributed by atoms with E-state index in [9.17, 15) is 0 Å². The molecular weight excluding hydrogens is 159 g/mol. The highest BCUT2D eigenvalue weighted by Crippen LogP contribution is 2.54. The molecule has 0 bridgehead atoms. The normalized spacial score (nSPS) is 43.6. The maximum Gasteiger partial charge on any atom is 0.327 e. The van der Waals surface area contributed by atoms with Gasteiger partial charge in [-0.2, -0.15) is 0 Å². The van der Waals surface area contributed by atoms with Gasteiger partial charge in [0, 0.05) is 7.11 Å². The molecule has 9 heavy (non-hydrogen) atoms. The van der Waals surface area contributed by atoms with Gasteiger partial charge >= 0.3 is 6.72 Å². The van der Waals surface area contributed by atoms with Crippen molar-refractivity contribution < 1.29 is 13.6 Å². The van der Waals surface area contributed by atoms with Crippen LogP contribution in [0.4, 0.5) is 0 Å². The Morgan fingerprint density at radius 2 is 2.44 bits per heavy atom. The second-order valence-corrected chi connectivity index (χ2v) is 4.91. The highest BCUT2D eigenvalue weighted by atomic mass is 32.5. The number of hydrogen-bond donors (Lipinski definition) is 0. The molecule has 54 valence electrons. The predicted molar refractivity (Wildman–Crippen MR) is 37.8 cm³/mol. The van der Waals surface area contributed by atoms with Crippen LogP contribution in [0.1, 0.15) is 6.92 Å². The highest BCUT2D eigenvalue weighted by Gasteiger charge is 2.29. The summed E-state index contributed by atoms with van der Waals surface area (Å²) in [5.41, 5.74) is 0. The van der Waals surface area contributed by atoms with Crippen LogP contribution in [0, 0.1) is 0 Å². The van der Waals surface area contributed by atoms with Crippen LogP contribution < -0.4 is 0 Å². The second kappa shape index (κ2) is 2.64. The first kappa shape index (κ1) is 7.63. The van der Waals surface area contributed by atoms with Crippen molar-refractivity contribution in [1.29, 1.82) is 0 Å². The Labute approximate surface area is 59.5 Å². The molecule has 5 heteroatoms. The van der Waals surface area contributed by atoms with Crippen LogP contribution in [0.5, 0.6) is 0 Å². The fourth-order valence-corrected chi connectivity index (χ4v) is 2.34. The summed E-state index contributed by atoms with van der Waals surface area (Å²) in [4.78, 5) is 0. The Bertz CT molecular complexity index is 149. The molecule has 1 aliphatic heterocycles. The molecule has 1 rings (SSSR count). The summed E-state index contributed by atoms with van der Waals surface area (Å²) in [6.07, 6.45) is 0.0933. The SMILES string of the molecule is CO[P@]1(=S)OC[C@@H](C)O1. The van der Waals surface area contributed by atoms with E-state index in [-0.39, 0.29) is 6.10 Å². The Balaban J connectivity index is 2.55. The molecule has 0 aromatic rings. The summed E-state index contributed by atoms with van der Waals surface area (Å²) in [5, 5.41) is 0. The largest absolute Gasteiger partial charge is 0.327 e. The molecule has 0 aliphatic carbocycles. The minimum absolute atomic E-state index is 0.0933. The fourth-order valence-electron chi connectivity index (χ4n) is 0.573. The lowest BCUT2D eigenvalue weighted by atomic mass is 10.5. The fraction of sp³-hybridized carbons (Fsp3) is 1.00. The van der Waals surface area contributed by atoms with Gasteiger partial charge in [-0.1, -0.05) is 0 Å². The van der Waals surface area contributed by atoms with Gasteiger partial charge in [0.15, 0.2) is 0 Å². The third-order valence-electron chi connectivity index (χ3n) is 1.00. The van der Waals surface area contributed by atoms with E-state index in [1.54, 1.807) is 0 Å². The molecule has 0 amide bonds. The van der Waals surface area contributed by atoms with Crippen LogP contribution in [0.15, 0.2) is 0 Å². The molecular formula is C4H9O3PS. The molecule has 0 N–H and O–H groups in total. The maximum atomic E-state index is 5.18. The van der Waals surface area contributed by atoms with Gasteiger partial charge in [0.25, 0.3) is 0 Å². The van der Waals surface area contributed by atoms with E-state index in [1.807, 2.05) is 6.92 Å². The van der Waals surface area contributed by atoms with Gasteiger partial charge in [-0.25, -0.2) is 0 Å². The van der Waals surface area contributed by atoms with E-state index in [0.717, 1.165) is 0 Å². The standard InChI is InChI=1S/C4H9O3PS/c1-4-3-6-8(9,5-2)7-4/h4H,3H2,1-2H3/t4-,8+/m1/s1. The number of hydrogen-bond acceptors (Lipinski definition) is 4. The minimum atomic E-state index is -2.27. The molecule has 0 saturated carbocycles. The van der Waals surface area contributed by atoms with E-state index in [0.29, 0.717) is 6.61 Å². The summed E-state index contributed by atoms with van der Waals surface area (Å²) in [7, 11) is 1.51. The van der Waals surface area contributed by atoms with Gasteiger partial charge in [-0.05, 0) is 18.7 Å². The quantitative estimate of drug-likeness (QED) is 0.551. The number of rotatable bonds is 1. The zero-order valence-corrected chi connectivity index (χ0v) is 7.08. The molecule has 1 heterocycles. The van der Waals surface area contributed by atoms with E-state index >= 15 is 0 Å². The third-order valence-corrected chi connectivity index (χ3v) is 3.55. The second-order valence-electron chi connectivity index (χ2n) is 1.84. The van der Waals surface area contributed by atoms with Crippen molar-refractivity contribution in [2.45, 2.75) is 13.0 Å². The molecule has 3 nitrogen and oxygen atoms in total. The Morgan fingerprint density at radius 3 is 2.67 bits per heavy atom. The predicted octanol–water partition coefficient (Wildman–Crippen LogP) is 1.29. The average molecular weight is 168 g/mol. The van der Waals surface area contributed by atoms with Crippen LogP contribution in [0.3, 0.4) is 0 Å². The van der Waals surface area contributed by atoms with Crippen LogP contribution in [0.25, 0.3) is 0 Å². The Hall–Kier alpha value is 0.530. The first-order valence-corrected chi connectivity index (χ1v) is 5.20. The molecule has 1 aliphatic rings.